The van der Waals surface area contributed by atoms with Gasteiger partial charge in [0.15, 0.2) is 0 Å². The second kappa shape index (κ2) is 12.6. The van der Waals surface area contributed by atoms with Gasteiger partial charge in [0.05, 0.1) is 0 Å². The Morgan fingerprint density at radius 3 is 1.90 bits per heavy atom. The summed E-state index contributed by atoms with van der Waals surface area (Å²) in [5.74, 6) is 0.688. The van der Waals surface area contributed by atoms with Gasteiger partial charge < -0.3 is 13.3 Å². The van der Waals surface area contributed by atoms with Crippen molar-refractivity contribution in [3.63, 3.8) is 0 Å². The number of hydrogen-bond donors (Lipinski definition) is 0. The van der Waals surface area contributed by atoms with Crippen LogP contribution in [0.4, 0.5) is 0 Å². The number of rotatable bonds is 13. The summed E-state index contributed by atoms with van der Waals surface area (Å²) in [5, 5.41) is 0. The van der Waals surface area contributed by atoms with E-state index in [9.17, 15) is 0 Å². The molecule has 0 saturated carbocycles. The highest BCUT2D eigenvalue weighted by atomic mass is 28.4. The maximum Gasteiger partial charge on any atom is 0.500 e. The van der Waals surface area contributed by atoms with E-state index in [-0.39, 0.29) is 0 Å². The summed E-state index contributed by atoms with van der Waals surface area (Å²) in [4.78, 5) is 0. The lowest BCUT2D eigenvalue weighted by molar-refractivity contribution is 0.0706. The first kappa shape index (κ1) is 19.8. The second-order valence-electron chi connectivity index (χ2n) is 5.08. The smallest absolute Gasteiger partial charge is 0.374 e. The van der Waals surface area contributed by atoms with Crippen LogP contribution in [-0.4, -0.2) is 28.6 Å². The molecule has 0 aliphatic heterocycles. The Labute approximate surface area is 127 Å². The third-order valence-electron chi connectivity index (χ3n) is 3.26. The fraction of sp³-hybridized carbons (Fsp3) is 0.875. The number of unbranched alkanes of at least 4 members (excludes halogenated alkanes) is 2. The summed E-state index contributed by atoms with van der Waals surface area (Å²) in [6, 6.07) is 0.945. The standard InChI is InChI=1S/C16H34O3Si/c1-6-13-16(5)14-11-10-12-15-20(17-7-2,18-8-3)19-9-4/h6,13,16H,7-12,14-15H2,1-5H3. The van der Waals surface area contributed by atoms with E-state index in [1.807, 2.05) is 20.8 Å². The fourth-order valence-electron chi connectivity index (χ4n) is 2.41. The van der Waals surface area contributed by atoms with Crippen molar-refractivity contribution in [1.82, 2.24) is 0 Å². The normalized spacial score (nSPS) is 14.1. The predicted molar refractivity (Wildman–Crippen MR) is 87.9 cm³/mol. The lowest BCUT2D eigenvalue weighted by Crippen LogP contribution is -2.45. The Morgan fingerprint density at radius 2 is 1.45 bits per heavy atom. The molecular formula is C16H34O3Si. The molecular weight excluding hydrogens is 268 g/mol. The van der Waals surface area contributed by atoms with Crippen LogP contribution in [-0.2, 0) is 13.3 Å². The zero-order chi connectivity index (χ0) is 15.3. The quantitative estimate of drug-likeness (QED) is 0.278. The molecule has 0 rings (SSSR count). The summed E-state index contributed by atoms with van der Waals surface area (Å²) >= 11 is 0. The molecule has 0 saturated heterocycles. The second-order valence-corrected chi connectivity index (χ2v) is 7.82. The summed E-state index contributed by atoms with van der Waals surface area (Å²) in [7, 11) is -2.40. The summed E-state index contributed by atoms with van der Waals surface area (Å²) < 4.78 is 17.6. The highest BCUT2D eigenvalue weighted by molar-refractivity contribution is 6.60. The molecule has 0 aromatic rings. The molecule has 1 unspecified atom stereocenters. The van der Waals surface area contributed by atoms with Crippen molar-refractivity contribution in [1.29, 1.82) is 0 Å². The van der Waals surface area contributed by atoms with Gasteiger partial charge in [-0.1, -0.05) is 31.9 Å². The molecule has 120 valence electrons. The molecule has 0 amide bonds. The Hall–Kier alpha value is -0.163. The molecule has 0 aliphatic rings. The lowest BCUT2D eigenvalue weighted by Gasteiger charge is -2.28. The molecule has 20 heavy (non-hydrogen) atoms. The van der Waals surface area contributed by atoms with Gasteiger partial charge in [-0.25, -0.2) is 0 Å². The Morgan fingerprint density at radius 1 is 0.900 bits per heavy atom. The molecule has 0 N–H and O–H groups in total. The van der Waals surface area contributed by atoms with E-state index in [0.717, 1.165) is 12.5 Å². The minimum Gasteiger partial charge on any atom is -0.374 e. The Bertz CT molecular complexity index is 227. The molecule has 0 aromatic carbocycles. The average molecular weight is 303 g/mol. The van der Waals surface area contributed by atoms with Crippen LogP contribution in [0.2, 0.25) is 6.04 Å². The number of allylic oxidation sites excluding steroid dienone is 2. The van der Waals surface area contributed by atoms with Crippen LogP contribution in [0, 0.1) is 5.92 Å². The van der Waals surface area contributed by atoms with E-state index in [4.69, 9.17) is 13.3 Å². The van der Waals surface area contributed by atoms with Gasteiger partial charge >= 0.3 is 8.80 Å². The van der Waals surface area contributed by atoms with E-state index in [1.54, 1.807) is 0 Å². The maximum atomic E-state index is 5.86. The zero-order valence-electron chi connectivity index (χ0n) is 14.1. The first-order chi connectivity index (χ1) is 9.64. The fourth-order valence-corrected chi connectivity index (χ4v) is 5.10. The summed E-state index contributed by atoms with van der Waals surface area (Å²) in [5.41, 5.74) is 0. The summed E-state index contributed by atoms with van der Waals surface area (Å²) in [6.45, 7) is 12.4. The van der Waals surface area contributed by atoms with Crippen LogP contribution in [0.5, 0.6) is 0 Å². The van der Waals surface area contributed by atoms with Crippen LogP contribution in [0.15, 0.2) is 12.2 Å². The SMILES string of the molecule is CC=CC(C)CCCCC[Si](OCC)(OCC)OCC. The van der Waals surface area contributed by atoms with Gasteiger partial charge in [0.1, 0.15) is 0 Å². The molecule has 1 atom stereocenters. The van der Waals surface area contributed by atoms with Crippen LogP contribution >= 0.6 is 0 Å². The van der Waals surface area contributed by atoms with E-state index < -0.39 is 8.80 Å². The first-order valence-corrected chi connectivity index (χ1v) is 10.1. The van der Waals surface area contributed by atoms with Gasteiger partial charge in [0.2, 0.25) is 0 Å². The molecule has 0 radical (unpaired) electrons. The van der Waals surface area contributed by atoms with Gasteiger partial charge in [-0.15, -0.1) is 0 Å². The third kappa shape index (κ3) is 8.90. The van der Waals surface area contributed by atoms with Crippen molar-refractivity contribution in [2.24, 2.45) is 5.92 Å². The van der Waals surface area contributed by atoms with Gasteiger partial charge in [0, 0.05) is 25.9 Å². The van der Waals surface area contributed by atoms with E-state index >= 15 is 0 Å². The minimum atomic E-state index is -2.40. The van der Waals surface area contributed by atoms with Crippen molar-refractivity contribution in [3.8, 4) is 0 Å². The topological polar surface area (TPSA) is 27.7 Å². The molecule has 3 nitrogen and oxygen atoms in total. The van der Waals surface area contributed by atoms with Crippen molar-refractivity contribution in [2.45, 2.75) is 66.3 Å². The highest BCUT2D eigenvalue weighted by Gasteiger charge is 2.39. The lowest BCUT2D eigenvalue weighted by atomic mass is 10.0. The molecule has 0 bridgehead atoms. The predicted octanol–water partition coefficient (Wildman–Crippen LogP) is 4.81. The van der Waals surface area contributed by atoms with Gasteiger partial charge in [-0.05, 0) is 46.5 Å². The Balaban J connectivity index is 4.05. The van der Waals surface area contributed by atoms with Gasteiger partial charge in [-0.3, -0.25) is 0 Å². The third-order valence-corrected chi connectivity index (χ3v) is 6.41. The minimum absolute atomic E-state index is 0.671. The molecule has 0 spiro atoms. The van der Waals surface area contributed by atoms with Gasteiger partial charge in [-0.2, -0.15) is 0 Å². The molecule has 0 heterocycles. The van der Waals surface area contributed by atoms with Crippen LogP contribution in [0.3, 0.4) is 0 Å². The van der Waals surface area contributed by atoms with Crippen molar-refractivity contribution >= 4 is 8.80 Å². The number of hydrogen-bond acceptors (Lipinski definition) is 3. The van der Waals surface area contributed by atoms with E-state index in [0.29, 0.717) is 25.7 Å². The highest BCUT2D eigenvalue weighted by Crippen LogP contribution is 2.21. The van der Waals surface area contributed by atoms with Crippen LogP contribution in [0.25, 0.3) is 0 Å². The molecule has 0 aromatic heterocycles. The Kier molecular flexibility index (Phi) is 12.5. The van der Waals surface area contributed by atoms with Crippen molar-refractivity contribution in [3.05, 3.63) is 12.2 Å². The zero-order valence-corrected chi connectivity index (χ0v) is 15.1. The molecule has 0 aliphatic carbocycles. The summed E-state index contributed by atoms with van der Waals surface area (Å²) in [6.07, 6.45) is 9.30. The van der Waals surface area contributed by atoms with Crippen LogP contribution in [0.1, 0.15) is 60.3 Å². The monoisotopic (exact) mass is 302 g/mol. The van der Waals surface area contributed by atoms with Crippen LogP contribution < -0.4 is 0 Å². The molecule has 4 heteroatoms. The average Bonchev–Trinajstić information content (AvgIpc) is 2.39. The first-order valence-electron chi connectivity index (χ1n) is 8.18. The van der Waals surface area contributed by atoms with E-state index in [2.05, 4.69) is 26.0 Å². The largest absolute Gasteiger partial charge is 0.500 e. The van der Waals surface area contributed by atoms with Crippen molar-refractivity contribution < 1.29 is 13.3 Å². The molecule has 0 fully saturated rings. The van der Waals surface area contributed by atoms with Crippen molar-refractivity contribution in [2.75, 3.05) is 19.8 Å². The van der Waals surface area contributed by atoms with Gasteiger partial charge in [0.25, 0.3) is 0 Å². The van der Waals surface area contributed by atoms with E-state index in [1.165, 1.54) is 19.3 Å². The maximum absolute atomic E-state index is 5.86.